The van der Waals surface area contributed by atoms with Gasteiger partial charge in [-0.1, -0.05) is 32.9 Å². The van der Waals surface area contributed by atoms with Gasteiger partial charge in [-0.25, -0.2) is 4.39 Å². The van der Waals surface area contributed by atoms with Gasteiger partial charge in [-0.05, 0) is 68.0 Å². The molecule has 1 heterocycles. The van der Waals surface area contributed by atoms with E-state index in [1.807, 2.05) is 31.2 Å². The lowest BCUT2D eigenvalue weighted by atomic mass is 9.87. The summed E-state index contributed by atoms with van der Waals surface area (Å²) in [7, 11) is 0. The van der Waals surface area contributed by atoms with Crippen LogP contribution in [0.3, 0.4) is 0 Å². The van der Waals surface area contributed by atoms with Crippen molar-refractivity contribution in [3.8, 4) is 5.75 Å². The van der Waals surface area contributed by atoms with Crippen molar-refractivity contribution in [1.82, 2.24) is 5.32 Å². The molecule has 1 aliphatic heterocycles. The maximum Gasteiger partial charge on any atom is 0.261 e. The van der Waals surface area contributed by atoms with Crippen LogP contribution in [0, 0.1) is 5.82 Å². The molecule has 0 radical (unpaired) electrons. The fourth-order valence-corrected chi connectivity index (χ4v) is 3.97. The number of nitrogens with one attached hydrogen (secondary N) is 1. The molecular formula is C26H35FN2O3. The highest BCUT2D eigenvalue weighted by Crippen LogP contribution is 2.30. The molecule has 6 heteroatoms. The number of carbonyl (C=O) groups is 1. The second-order valence-electron chi connectivity index (χ2n) is 9.69. The Balaban J connectivity index is 1.66. The molecule has 2 atom stereocenters. The second kappa shape index (κ2) is 9.90. The molecule has 0 aliphatic carbocycles. The molecule has 2 aromatic carbocycles. The number of hydrogen-bond acceptors (Lipinski definition) is 4. The number of carbonyl (C=O) groups excluding carboxylic acids is 1. The van der Waals surface area contributed by atoms with Gasteiger partial charge >= 0.3 is 0 Å². The van der Waals surface area contributed by atoms with Crippen LogP contribution in [0.15, 0.2) is 42.5 Å². The molecule has 0 unspecified atom stereocenters. The maximum atomic E-state index is 14.0. The smallest absolute Gasteiger partial charge is 0.261 e. The SMILES string of the molecule is C[C@H](NC(=O)[C@@H](C)Oc1ccc(C(C)(C)C)cc1)c1cc(F)ccc1N1CCC(O)CC1. The van der Waals surface area contributed by atoms with E-state index in [0.717, 1.165) is 11.3 Å². The van der Waals surface area contributed by atoms with Crippen molar-refractivity contribution in [2.75, 3.05) is 18.0 Å². The summed E-state index contributed by atoms with van der Waals surface area (Å²) < 4.78 is 19.9. The molecule has 32 heavy (non-hydrogen) atoms. The number of ether oxygens (including phenoxy) is 1. The molecule has 2 N–H and O–H groups in total. The summed E-state index contributed by atoms with van der Waals surface area (Å²) >= 11 is 0. The zero-order valence-electron chi connectivity index (χ0n) is 19.7. The van der Waals surface area contributed by atoms with Crippen molar-refractivity contribution in [1.29, 1.82) is 0 Å². The molecule has 1 aliphatic rings. The van der Waals surface area contributed by atoms with Crippen molar-refractivity contribution in [3.63, 3.8) is 0 Å². The number of nitrogens with zero attached hydrogens (tertiary/aromatic N) is 1. The van der Waals surface area contributed by atoms with E-state index in [4.69, 9.17) is 4.74 Å². The van der Waals surface area contributed by atoms with Gasteiger partial charge in [0.1, 0.15) is 11.6 Å². The summed E-state index contributed by atoms with van der Waals surface area (Å²) in [5.74, 6) is 0.0263. The quantitative estimate of drug-likeness (QED) is 0.679. The van der Waals surface area contributed by atoms with E-state index >= 15 is 0 Å². The lowest BCUT2D eigenvalue weighted by Crippen LogP contribution is -2.39. The highest BCUT2D eigenvalue weighted by atomic mass is 19.1. The molecule has 0 bridgehead atoms. The summed E-state index contributed by atoms with van der Waals surface area (Å²) in [5, 5.41) is 12.8. The Morgan fingerprint density at radius 1 is 1.12 bits per heavy atom. The molecule has 0 aromatic heterocycles. The van der Waals surface area contributed by atoms with Crippen molar-refractivity contribution in [3.05, 3.63) is 59.4 Å². The number of amides is 1. The predicted octanol–water partition coefficient (Wildman–Crippen LogP) is 4.73. The van der Waals surface area contributed by atoms with E-state index in [1.165, 1.54) is 17.7 Å². The summed E-state index contributed by atoms with van der Waals surface area (Å²) in [5.41, 5.74) is 2.85. The summed E-state index contributed by atoms with van der Waals surface area (Å²) in [4.78, 5) is 14.9. The molecule has 5 nitrogen and oxygen atoms in total. The Morgan fingerprint density at radius 2 is 1.75 bits per heavy atom. The number of halogens is 1. The minimum atomic E-state index is -0.694. The molecule has 1 amide bonds. The average molecular weight is 443 g/mol. The lowest BCUT2D eigenvalue weighted by molar-refractivity contribution is -0.127. The van der Waals surface area contributed by atoms with Crippen LogP contribution in [-0.2, 0) is 10.2 Å². The first kappa shape index (κ1) is 24.1. The van der Waals surface area contributed by atoms with E-state index in [1.54, 1.807) is 13.0 Å². The van der Waals surface area contributed by atoms with Crippen molar-refractivity contribution < 1.29 is 19.0 Å². The zero-order valence-corrected chi connectivity index (χ0v) is 19.7. The summed E-state index contributed by atoms with van der Waals surface area (Å²) in [6.07, 6.45) is 0.371. The number of benzene rings is 2. The van der Waals surface area contributed by atoms with Gasteiger partial charge in [0.25, 0.3) is 5.91 Å². The Labute approximate surface area is 190 Å². The molecule has 174 valence electrons. The third-order valence-electron chi connectivity index (χ3n) is 6.02. The van der Waals surface area contributed by atoms with E-state index < -0.39 is 12.1 Å². The van der Waals surface area contributed by atoms with Gasteiger partial charge in [0, 0.05) is 24.3 Å². The van der Waals surface area contributed by atoms with Gasteiger partial charge in [0.05, 0.1) is 12.1 Å². The van der Waals surface area contributed by atoms with Gasteiger partial charge < -0.3 is 20.1 Å². The van der Waals surface area contributed by atoms with Gasteiger partial charge in [0.2, 0.25) is 0 Å². The number of rotatable bonds is 6. The van der Waals surface area contributed by atoms with Crippen molar-refractivity contribution in [2.24, 2.45) is 0 Å². The van der Waals surface area contributed by atoms with Gasteiger partial charge in [0.15, 0.2) is 6.10 Å². The first-order chi connectivity index (χ1) is 15.0. The third kappa shape index (κ3) is 6.00. The second-order valence-corrected chi connectivity index (χ2v) is 9.69. The van der Waals surface area contributed by atoms with Crippen molar-refractivity contribution in [2.45, 2.75) is 71.1 Å². The van der Waals surface area contributed by atoms with Gasteiger partial charge in [-0.15, -0.1) is 0 Å². The first-order valence-corrected chi connectivity index (χ1v) is 11.3. The normalized spacial score (nSPS) is 17.0. The van der Waals surface area contributed by atoms with E-state index in [0.29, 0.717) is 31.7 Å². The monoisotopic (exact) mass is 442 g/mol. The van der Waals surface area contributed by atoms with Crippen LogP contribution in [0.2, 0.25) is 0 Å². The third-order valence-corrected chi connectivity index (χ3v) is 6.02. The highest BCUT2D eigenvalue weighted by Gasteiger charge is 2.24. The number of piperidine rings is 1. The molecule has 2 aromatic rings. The largest absolute Gasteiger partial charge is 0.481 e. The molecule has 0 spiro atoms. The van der Waals surface area contributed by atoms with E-state index in [-0.39, 0.29) is 23.2 Å². The topological polar surface area (TPSA) is 61.8 Å². The Hall–Kier alpha value is -2.60. The zero-order chi connectivity index (χ0) is 23.5. The van der Waals surface area contributed by atoms with Crippen LogP contribution in [-0.4, -0.2) is 36.3 Å². The minimum absolute atomic E-state index is 0.0477. The number of anilines is 1. The van der Waals surface area contributed by atoms with Crippen LogP contribution in [0.4, 0.5) is 10.1 Å². The standard InChI is InChI=1S/C26H35FN2O3/c1-17(23-16-20(27)8-11-24(23)29-14-12-21(30)13-15-29)28-25(31)18(2)32-22-9-6-19(7-10-22)26(3,4)5/h6-11,16-18,21,30H,12-15H2,1-5H3,(H,28,31)/t17-,18+/m0/s1. The van der Waals surface area contributed by atoms with Crippen LogP contribution < -0.4 is 15.0 Å². The number of aliphatic hydroxyl groups excluding tert-OH is 1. The Bertz CT molecular complexity index is 916. The average Bonchev–Trinajstić information content (AvgIpc) is 2.74. The van der Waals surface area contributed by atoms with Crippen LogP contribution in [0.5, 0.6) is 5.75 Å². The van der Waals surface area contributed by atoms with Crippen LogP contribution >= 0.6 is 0 Å². The minimum Gasteiger partial charge on any atom is -0.481 e. The van der Waals surface area contributed by atoms with Crippen LogP contribution in [0.1, 0.15) is 64.6 Å². The van der Waals surface area contributed by atoms with E-state index in [9.17, 15) is 14.3 Å². The molecule has 1 saturated heterocycles. The Kier molecular flexibility index (Phi) is 7.44. The van der Waals surface area contributed by atoms with Gasteiger partial charge in [-0.2, -0.15) is 0 Å². The summed E-state index contributed by atoms with van der Waals surface area (Å²) in [6, 6.07) is 12.0. The van der Waals surface area contributed by atoms with E-state index in [2.05, 4.69) is 31.0 Å². The van der Waals surface area contributed by atoms with Gasteiger partial charge in [-0.3, -0.25) is 4.79 Å². The molecule has 1 fully saturated rings. The lowest BCUT2D eigenvalue weighted by Gasteiger charge is -2.34. The van der Waals surface area contributed by atoms with Crippen LogP contribution in [0.25, 0.3) is 0 Å². The predicted molar refractivity (Wildman–Crippen MR) is 126 cm³/mol. The number of hydrogen-bond donors (Lipinski definition) is 2. The summed E-state index contributed by atoms with van der Waals surface area (Å²) in [6.45, 7) is 11.4. The number of aliphatic hydroxyl groups is 1. The molecular weight excluding hydrogens is 407 g/mol. The van der Waals surface area contributed by atoms with Crippen molar-refractivity contribution >= 4 is 11.6 Å². The maximum absolute atomic E-state index is 14.0. The molecule has 0 saturated carbocycles. The fourth-order valence-electron chi connectivity index (χ4n) is 3.97. The molecule has 3 rings (SSSR count). The first-order valence-electron chi connectivity index (χ1n) is 11.3. The Morgan fingerprint density at radius 3 is 2.34 bits per heavy atom. The highest BCUT2D eigenvalue weighted by molar-refractivity contribution is 5.81. The fraction of sp³-hybridized carbons (Fsp3) is 0.500.